The highest BCUT2D eigenvalue weighted by atomic mass is 16.5. The highest BCUT2D eigenvalue weighted by molar-refractivity contribution is 6.11. The van der Waals surface area contributed by atoms with E-state index in [0.717, 1.165) is 0 Å². The molecule has 1 saturated carbocycles. The van der Waals surface area contributed by atoms with E-state index in [1.54, 1.807) is 12.1 Å². The third-order valence-electron chi connectivity index (χ3n) is 3.36. The Bertz CT molecular complexity index is 607. The second kappa shape index (κ2) is 5.43. The average Bonchev–Trinajstić information content (AvgIpc) is 3.19. The maximum atomic E-state index is 12.0. The van der Waals surface area contributed by atoms with Crippen molar-refractivity contribution in [3.8, 4) is 5.75 Å². The summed E-state index contributed by atoms with van der Waals surface area (Å²) in [5.41, 5.74) is -0.506. The standard InChI is InChI=1S/C14H16N2O5/c1-8(17)15-10-7-9(3-4-11(10)21-2)16-12(18)14(5-6-14)13(19)20/h3-4,7H,5-6H2,1-2H3,(H,15,17)(H,16,18)(H,19,20). The van der Waals surface area contributed by atoms with Crippen LogP contribution in [-0.2, 0) is 14.4 Å². The number of hydrogen-bond donors (Lipinski definition) is 3. The maximum absolute atomic E-state index is 12.0. The van der Waals surface area contributed by atoms with E-state index in [4.69, 9.17) is 9.84 Å². The number of carboxylic acids is 1. The number of carbonyl (C=O) groups is 3. The van der Waals surface area contributed by atoms with Crippen LogP contribution in [0.2, 0.25) is 0 Å². The average molecular weight is 292 g/mol. The number of aliphatic carboxylic acids is 1. The van der Waals surface area contributed by atoms with Gasteiger partial charge in [0, 0.05) is 12.6 Å². The molecule has 7 heteroatoms. The molecule has 0 unspecified atom stereocenters. The van der Waals surface area contributed by atoms with Crippen LogP contribution in [0, 0.1) is 5.41 Å². The second-order valence-corrected chi connectivity index (χ2v) is 4.94. The molecule has 0 saturated heterocycles. The highest BCUT2D eigenvalue weighted by Gasteiger charge is 2.57. The Balaban J connectivity index is 2.19. The minimum absolute atomic E-state index is 0.277. The van der Waals surface area contributed by atoms with Crippen LogP contribution in [0.1, 0.15) is 19.8 Å². The third-order valence-corrected chi connectivity index (χ3v) is 3.36. The van der Waals surface area contributed by atoms with Crippen LogP contribution in [0.5, 0.6) is 5.75 Å². The number of benzene rings is 1. The molecule has 2 rings (SSSR count). The van der Waals surface area contributed by atoms with Gasteiger partial charge < -0.3 is 20.5 Å². The fourth-order valence-electron chi connectivity index (χ4n) is 1.99. The summed E-state index contributed by atoms with van der Waals surface area (Å²) in [6.07, 6.45) is 0.672. The number of methoxy groups -OCH3 is 1. The zero-order valence-electron chi connectivity index (χ0n) is 11.7. The molecule has 1 aromatic carbocycles. The maximum Gasteiger partial charge on any atom is 0.319 e. The van der Waals surface area contributed by atoms with Gasteiger partial charge in [0.2, 0.25) is 11.8 Å². The van der Waals surface area contributed by atoms with Gasteiger partial charge in [-0.1, -0.05) is 0 Å². The molecule has 0 bridgehead atoms. The monoisotopic (exact) mass is 292 g/mol. The van der Waals surface area contributed by atoms with Crippen molar-refractivity contribution in [2.24, 2.45) is 5.41 Å². The van der Waals surface area contributed by atoms with Crippen molar-refractivity contribution >= 4 is 29.2 Å². The van der Waals surface area contributed by atoms with E-state index in [0.29, 0.717) is 30.0 Å². The minimum atomic E-state index is -1.31. The van der Waals surface area contributed by atoms with Crippen LogP contribution in [0.15, 0.2) is 18.2 Å². The number of anilines is 2. The summed E-state index contributed by atoms with van der Waals surface area (Å²) in [6.45, 7) is 1.36. The molecule has 0 radical (unpaired) electrons. The minimum Gasteiger partial charge on any atom is -0.495 e. The summed E-state index contributed by atoms with van der Waals surface area (Å²) in [7, 11) is 1.46. The van der Waals surface area contributed by atoms with Crippen LogP contribution < -0.4 is 15.4 Å². The predicted octanol–water partition coefficient (Wildman–Crippen LogP) is 1.46. The molecule has 0 heterocycles. The quantitative estimate of drug-likeness (QED) is 0.712. The van der Waals surface area contributed by atoms with Gasteiger partial charge >= 0.3 is 5.97 Å². The Morgan fingerprint density at radius 3 is 2.38 bits per heavy atom. The molecule has 0 aromatic heterocycles. The number of carboxylic acid groups (broad SMARTS) is 1. The zero-order chi connectivity index (χ0) is 15.6. The topological polar surface area (TPSA) is 105 Å². The zero-order valence-corrected chi connectivity index (χ0v) is 11.7. The number of hydrogen-bond acceptors (Lipinski definition) is 4. The van der Waals surface area contributed by atoms with E-state index in [1.165, 1.54) is 20.1 Å². The first-order valence-electron chi connectivity index (χ1n) is 6.39. The predicted molar refractivity (Wildman–Crippen MR) is 75.2 cm³/mol. The first-order valence-corrected chi connectivity index (χ1v) is 6.39. The molecule has 1 aliphatic carbocycles. The van der Waals surface area contributed by atoms with Crippen molar-refractivity contribution in [2.45, 2.75) is 19.8 Å². The van der Waals surface area contributed by atoms with Gasteiger partial charge in [0.15, 0.2) is 0 Å². The van der Waals surface area contributed by atoms with Crippen LogP contribution in [-0.4, -0.2) is 30.0 Å². The van der Waals surface area contributed by atoms with Gasteiger partial charge in [-0.2, -0.15) is 0 Å². The summed E-state index contributed by atoms with van der Waals surface area (Å²) < 4.78 is 5.10. The van der Waals surface area contributed by atoms with Gasteiger partial charge in [0.1, 0.15) is 11.2 Å². The Morgan fingerprint density at radius 2 is 1.90 bits per heavy atom. The van der Waals surface area contributed by atoms with Crippen molar-refractivity contribution in [1.82, 2.24) is 0 Å². The molecule has 0 aliphatic heterocycles. The molecule has 1 aliphatic rings. The van der Waals surface area contributed by atoms with E-state index in [-0.39, 0.29) is 5.91 Å². The fraction of sp³-hybridized carbons (Fsp3) is 0.357. The van der Waals surface area contributed by atoms with Crippen LogP contribution in [0.25, 0.3) is 0 Å². The smallest absolute Gasteiger partial charge is 0.319 e. The molecule has 1 fully saturated rings. The summed E-state index contributed by atoms with van der Waals surface area (Å²) >= 11 is 0. The van der Waals surface area contributed by atoms with E-state index < -0.39 is 17.3 Å². The first kappa shape index (κ1) is 14.8. The molecular weight excluding hydrogens is 276 g/mol. The van der Waals surface area contributed by atoms with Gasteiger partial charge in [0.05, 0.1) is 12.8 Å². The first-order chi connectivity index (χ1) is 9.89. The Hall–Kier alpha value is -2.57. The van der Waals surface area contributed by atoms with E-state index >= 15 is 0 Å². The lowest BCUT2D eigenvalue weighted by Gasteiger charge is -2.14. The molecule has 0 spiro atoms. The highest BCUT2D eigenvalue weighted by Crippen LogP contribution is 2.46. The molecular formula is C14H16N2O5. The van der Waals surface area contributed by atoms with Gasteiger partial charge in [-0.05, 0) is 31.0 Å². The van der Waals surface area contributed by atoms with E-state index in [9.17, 15) is 14.4 Å². The number of carbonyl (C=O) groups excluding carboxylic acids is 2. The van der Waals surface area contributed by atoms with Gasteiger partial charge in [-0.3, -0.25) is 14.4 Å². The number of ether oxygens (including phenoxy) is 1. The van der Waals surface area contributed by atoms with Crippen molar-refractivity contribution < 1.29 is 24.2 Å². The van der Waals surface area contributed by atoms with Gasteiger partial charge in [-0.15, -0.1) is 0 Å². The fourth-order valence-corrected chi connectivity index (χ4v) is 1.99. The summed E-state index contributed by atoms with van der Waals surface area (Å²) in [5, 5.41) is 14.2. The molecule has 7 nitrogen and oxygen atoms in total. The number of rotatable bonds is 5. The summed E-state index contributed by atoms with van der Waals surface area (Å²) in [4.78, 5) is 34.2. The molecule has 1 aromatic rings. The second-order valence-electron chi connectivity index (χ2n) is 4.94. The third kappa shape index (κ3) is 2.96. The van der Waals surface area contributed by atoms with Crippen molar-refractivity contribution in [3.63, 3.8) is 0 Å². The van der Waals surface area contributed by atoms with Crippen molar-refractivity contribution in [1.29, 1.82) is 0 Å². The van der Waals surface area contributed by atoms with E-state index in [1.807, 2.05) is 0 Å². The van der Waals surface area contributed by atoms with Crippen molar-refractivity contribution in [2.75, 3.05) is 17.7 Å². The van der Waals surface area contributed by atoms with Gasteiger partial charge in [0.25, 0.3) is 0 Å². The molecule has 112 valence electrons. The largest absolute Gasteiger partial charge is 0.495 e. The lowest BCUT2D eigenvalue weighted by molar-refractivity contribution is -0.147. The number of nitrogens with one attached hydrogen (secondary N) is 2. The van der Waals surface area contributed by atoms with Crippen LogP contribution in [0.3, 0.4) is 0 Å². The normalized spacial score (nSPS) is 15.0. The van der Waals surface area contributed by atoms with Crippen LogP contribution in [0.4, 0.5) is 11.4 Å². The number of amides is 2. The Kier molecular flexibility index (Phi) is 3.84. The lowest BCUT2D eigenvalue weighted by atomic mass is 10.1. The van der Waals surface area contributed by atoms with Crippen molar-refractivity contribution in [3.05, 3.63) is 18.2 Å². The molecule has 21 heavy (non-hydrogen) atoms. The molecule has 0 atom stereocenters. The Morgan fingerprint density at radius 1 is 1.24 bits per heavy atom. The SMILES string of the molecule is COc1ccc(NC(=O)C2(C(=O)O)CC2)cc1NC(C)=O. The lowest BCUT2D eigenvalue weighted by Crippen LogP contribution is -2.31. The molecule has 3 N–H and O–H groups in total. The Labute approximate surface area is 121 Å². The van der Waals surface area contributed by atoms with Crippen LogP contribution >= 0.6 is 0 Å². The van der Waals surface area contributed by atoms with E-state index in [2.05, 4.69) is 10.6 Å². The molecule has 2 amide bonds. The summed E-state index contributed by atoms with van der Waals surface area (Å²) in [6, 6.07) is 4.69. The summed E-state index contributed by atoms with van der Waals surface area (Å²) in [5.74, 6) is -1.49. The van der Waals surface area contributed by atoms with Gasteiger partial charge in [-0.25, -0.2) is 0 Å².